The second-order valence-corrected chi connectivity index (χ2v) is 8.57. The highest BCUT2D eigenvalue weighted by Gasteiger charge is 2.44. The first-order valence-electron chi connectivity index (χ1n) is 11.6. The first-order chi connectivity index (χ1) is 17.9. The number of hydrogen-bond acceptors (Lipinski definition) is 5. The minimum atomic E-state index is -0.735. The largest absolute Gasteiger partial charge is 0.493 e. The quantitative estimate of drug-likeness (QED) is 0.262. The summed E-state index contributed by atoms with van der Waals surface area (Å²) in [4.78, 5) is 43.5. The van der Waals surface area contributed by atoms with Crippen LogP contribution in [0.5, 0.6) is 11.5 Å². The summed E-state index contributed by atoms with van der Waals surface area (Å²) in [6.07, 6.45) is 1.47. The average Bonchev–Trinajstić information content (AvgIpc) is 2.91. The van der Waals surface area contributed by atoms with Gasteiger partial charge < -0.3 is 9.47 Å². The Kier molecular flexibility index (Phi) is 6.19. The van der Waals surface area contributed by atoms with Crippen LogP contribution in [0.15, 0.2) is 90.5 Å². The number of rotatable bonds is 5. The number of barbiturate groups is 1. The zero-order valence-corrected chi connectivity index (χ0v) is 20.6. The number of carbonyl (C=O) groups excluding carboxylic acids is 3. The van der Waals surface area contributed by atoms with Gasteiger partial charge in [-0.1, -0.05) is 54.6 Å². The molecule has 184 valence electrons. The number of methoxy groups -OCH3 is 2. The van der Waals surface area contributed by atoms with Crippen LogP contribution in [0.2, 0.25) is 0 Å². The Labute approximate surface area is 214 Å². The van der Waals surface area contributed by atoms with Crippen LogP contribution in [0.1, 0.15) is 11.1 Å². The van der Waals surface area contributed by atoms with E-state index in [0.29, 0.717) is 28.4 Å². The van der Waals surface area contributed by atoms with Crippen molar-refractivity contribution in [3.05, 3.63) is 102 Å². The van der Waals surface area contributed by atoms with Crippen LogP contribution < -0.4 is 19.3 Å². The van der Waals surface area contributed by atoms with E-state index in [9.17, 15) is 14.4 Å². The number of aryl methyl sites for hydroxylation is 1. The first-order valence-corrected chi connectivity index (χ1v) is 11.6. The van der Waals surface area contributed by atoms with E-state index < -0.39 is 17.8 Å². The SMILES string of the molecule is COc1ccc(/C=C2\C(=O)N(c3cccc(C)c3)C(=O)N(c3cccc4ccccc34)C2=O)cc1OC. The van der Waals surface area contributed by atoms with E-state index in [0.717, 1.165) is 26.1 Å². The van der Waals surface area contributed by atoms with Gasteiger partial charge in [0.2, 0.25) is 0 Å². The van der Waals surface area contributed by atoms with Gasteiger partial charge in [0.15, 0.2) is 11.5 Å². The van der Waals surface area contributed by atoms with Gasteiger partial charge in [-0.05, 0) is 59.8 Å². The molecule has 1 fully saturated rings. The molecule has 37 heavy (non-hydrogen) atoms. The third-order valence-electron chi connectivity index (χ3n) is 6.24. The molecule has 4 amide bonds. The zero-order valence-electron chi connectivity index (χ0n) is 20.6. The number of benzene rings is 4. The Morgan fingerprint density at radius 3 is 2.16 bits per heavy atom. The van der Waals surface area contributed by atoms with Crippen LogP contribution in [0.4, 0.5) is 16.2 Å². The van der Waals surface area contributed by atoms with Gasteiger partial charge in [-0.25, -0.2) is 14.6 Å². The molecule has 7 heteroatoms. The van der Waals surface area contributed by atoms with Gasteiger partial charge in [0.05, 0.1) is 25.6 Å². The summed E-state index contributed by atoms with van der Waals surface area (Å²) in [7, 11) is 3.03. The third-order valence-corrected chi connectivity index (χ3v) is 6.24. The molecule has 0 atom stereocenters. The number of fused-ring (bicyclic) bond motifs is 1. The molecule has 0 aliphatic carbocycles. The molecule has 0 radical (unpaired) electrons. The number of amides is 4. The van der Waals surface area contributed by atoms with Crippen molar-refractivity contribution >= 4 is 46.1 Å². The molecular formula is C30H24N2O5. The Hall–Kier alpha value is -4.91. The molecule has 4 aromatic rings. The summed E-state index contributed by atoms with van der Waals surface area (Å²) in [5.41, 5.74) is 2.05. The maximum atomic E-state index is 13.8. The number of carbonyl (C=O) groups is 3. The molecule has 1 saturated heterocycles. The Balaban J connectivity index is 1.71. The van der Waals surface area contributed by atoms with Crippen molar-refractivity contribution in [3.8, 4) is 11.5 Å². The predicted molar refractivity (Wildman–Crippen MR) is 143 cm³/mol. The van der Waals surface area contributed by atoms with Crippen molar-refractivity contribution in [2.45, 2.75) is 6.92 Å². The normalized spacial score (nSPS) is 15.0. The Morgan fingerprint density at radius 1 is 0.703 bits per heavy atom. The number of imide groups is 2. The van der Waals surface area contributed by atoms with E-state index in [1.807, 2.05) is 43.3 Å². The fourth-order valence-electron chi connectivity index (χ4n) is 4.45. The summed E-state index contributed by atoms with van der Waals surface area (Å²) < 4.78 is 10.7. The maximum Gasteiger partial charge on any atom is 0.343 e. The van der Waals surface area contributed by atoms with Crippen LogP contribution >= 0.6 is 0 Å². The van der Waals surface area contributed by atoms with Crippen LogP contribution in [0.3, 0.4) is 0 Å². The number of anilines is 2. The van der Waals surface area contributed by atoms with E-state index in [1.165, 1.54) is 20.3 Å². The molecule has 1 heterocycles. The number of nitrogens with zero attached hydrogens (tertiary/aromatic N) is 2. The number of urea groups is 1. The smallest absolute Gasteiger partial charge is 0.343 e. The number of ether oxygens (including phenoxy) is 2. The van der Waals surface area contributed by atoms with Crippen LogP contribution in [-0.4, -0.2) is 32.1 Å². The number of hydrogen-bond donors (Lipinski definition) is 0. The Morgan fingerprint density at radius 2 is 1.41 bits per heavy atom. The van der Waals surface area contributed by atoms with Gasteiger partial charge in [0, 0.05) is 5.39 Å². The topological polar surface area (TPSA) is 76.2 Å². The monoisotopic (exact) mass is 492 g/mol. The van der Waals surface area contributed by atoms with Crippen LogP contribution in [0.25, 0.3) is 16.8 Å². The van der Waals surface area contributed by atoms with Gasteiger partial charge in [-0.15, -0.1) is 0 Å². The fraction of sp³-hybridized carbons (Fsp3) is 0.100. The van der Waals surface area contributed by atoms with Gasteiger partial charge in [0.1, 0.15) is 5.57 Å². The highest BCUT2D eigenvalue weighted by Crippen LogP contribution is 2.35. The second kappa shape index (κ2) is 9.62. The lowest BCUT2D eigenvalue weighted by molar-refractivity contribution is -0.121. The van der Waals surface area contributed by atoms with Gasteiger partial charge in [0.25, 0.3) is 11.8 Å². The molecule has 5 rings (SSSR count). The predicted octanol–water partition coefficient (Wildman–Crippen LogP) is 5.75. The molecular weight excluding hydrogens is 468 g/mol. The standard InChI is InChI=1S/C30H24N2O5/c1-19-8-6-11-22(16-19)31-28(33)24(17-20-14-15-26(36-2)27(18-20)37-3)29(34)32(30(31)35)25-13-7-10-21-9-4-5-12-23(21)25/h4-18H,1-3H3/b24-17+. The van der Waals surface area contributed by atoms with Gasteiger partial charge >= 0.3 is 6.03 Å². The van der Waals surface area contributed by atoms with Crippen molar-refractivity contribution in [1.29, 1.82) is 0 Å². The van der Waals surface area contributed by atoms with Crippen molar-refractivity contribution in [2.24, 2.45) is 0 Å². The highest BCUT2D eigenvalue weighted by atomic mass is 16.5. The minimum absolute atomic E-state index is 0.152. The van der Waals surface area contributed by atoms with Crippen LogP contribution in [-0.2, 0) is 9.59 Å². The summed E-state index contributed by atoms with van der Waals surface area (Å²) in [5, 5.41) is 1.58. The van der Waals surface area contributed by atoms with E-state index in [4.69, 9.17) is 9.47 Å². The van der Waals surface area contributed by atoms with E-state index >= 15 is 0 Å². The Bertz CT molecular complexity index is 1580. The first kappa shape index (κ1) is 23.8. The summed E-state index contributed by atoms with van der Waals surface area (Å²) in [6, 6.07) is 24.3. The molecule has 0 unspecified atom stereocenters. The van der Waals surface area contributed by atoms with E-state index in [-0.39, 0.29) is 5.57 Å². The minimum Gasteiger partial charge on any atom is -0.493 e. The molecule has 0 N–H and O–H groups in total. The van der Waals surface area contributed by atoms with Crippen molar-refractivity contribution in [3.63, 3.8) is 0 Å². The molecule has 0 bridgehead atoms. The molecule has 4 aromatic carbocycles. The molecule has 0 spiro atoms. The molecule has 0 aromatic heterocycles. The molecule has 1 aliphatic heterocycles. The average molecular weight is 493 g/mol. The lowest BCUT2D eigenvalue weighted by Crippen LogP contribution is -2.57. The summed E-state index contributed by atoms with van der Waals surface area (Å²) in [5.74, 6) is -0.443. The zero-order chi connectivity index (χ0) is 26.1. The lowest BCUT2D eigenvalue weighted by atomic mass is 10.0. The molecule has 1 aliphatic rings. The van der Waals surface area contributed by atoms with E-state index in [1.54, 1.807) is 48.5 Å². The summed E-state index contributed by atoms with van der Waals surface area (Å²) in [6.45, 7) is 1.87. The maximum absolute atomic E-state index is 13.8. The molecule has 7 nitrogen and oxygen atoms in total. The fourth-order valence-corrected chi connectivity index (χ4v) is 4.45. The van der Waals surface area contributed by atoms with Crippen molar-refractivity contribution < 1.29 is 23.9 Å². The summed E-state index contributed by atoms with van der Waals surface area (Å²) >= 11 is 0. The second-order valence-electron chi connectivity index (χ2n) is 8.57. The van der Waals surface area contributed by atoms with Crippen LogP contribution in [0, 0.1) is 6.92 Å². The highest BCUT2D eigenvalue weighted by molar-refractivity contribution is 6.46. The van der Waals surface area contributed by atoms with E-state index in [2.05, 4.69) is 0 Å². The lowest BCUT2D eigenvalue weighted by Gasteiger charge is -2.34. The third kappa shape index (κ3) is 4.21. The van der Waals surface area contributed by atoms with Gasteiger partial charge in [-0.3, -0.25) is 9.59 Å². The van der Waals surface area contributed by atoms with Crippen molar-refractivity contribution in [1.82, 2.24) is 0 Å². The van der Waals surface area contributed by atoms with Gasteiger partial charge in [-0.2, -0.15) is 0 Å². The molecule has 0 saturated carbocycles. The van der Waals surface area contributed by atoms with Crippen molar-refractivity contribution in [2.75, 3.05) is 24.0 Å².